The van der Waals surface area contributed by atoms with E-state index in [2.05, 4.69) is 20.6 Å². The smallest absolute Gasteiger partial charge is 0.191 e. The van der Waals surface area contributed by atoms with E-state index in [4.69, 9.17) is 14.2 Å². The van der Waals surface area contributed by atoms with Crippen molar-refractivity contribution in [2.45, 2.75) is 13.0 Å². The zero-order valence-electron chi connectivity index (χ0n) is 17.7. The monoisotopic (exact) mass is 535 g/mol. The van der Waals surface area contributed by atoms with E-state index in [1.807, 2.05) is 36.5 Å². The summed E-state index contributed by atoms with van der Waals surface area (Å²) < 4.78 is 16.3. The Bertz CT molecular complexity index is 773. The van der Waals surface area contributed by atoms with E-state index in [-0.39, 0.29) is 24.0 Å². The molecule has 0 fully saturated rings. The Morgan fingerprint density at radius 3 is 2.24 bits per heavy atom. The topological polar surface area (TPSA) is 80.2 Å². The minimum atomic E-state index is 0. The molecule has 10 heteroatoms. The summed E-state index contributed by atoms with van der Waals surface area (Å²) >= 11 is 1.62. The predicted octanol–water partition coefficient (Wildman–Crippen LogP) is 2.76. The maximum atomic E-state index is 5.50. The molecular weight excluding hydrogens is 505 g/mol. The fourth-order valence-corrected chi connectivity index (χ4v) is 3.37. The highest BCUT2D eigenvalue weighted by Gasteiger charge is 2.13. The number of aliphatic imine (C=N–C) groups is 1. The molecule has 1 aromatic carbocycles. The van der Waals surface area contributed by atoms with Crippen molar-refractivity contribution in [1.82, 2.24) is 15.6 Å². The lowest BCUT2D eigenvalue weighted by Crippen LogP contribution is -2.38. The molecule has 0 unspecified atom stereocenters. The van der Waals surface area contributed by atoms with Crippen LogP contribution in [0.25, 0.3) is 0 Å². The van der Waals surface area contributed by atoms with Gasteiger partial charge < -0.3 is 29.7 Å². The van der Waals surface area contributed by atoms with E-state index in [0.29, 0.717) is 31.2 Å². The summed E-state index contributed by atoms with van der Waals surface area (Å²) in [5.74, 6) is 2.88. The second-order valence-corrected chi connectivity index (χ2v) is 6.97. The first kappa shape index (κ1) is 25.1. The standard InChI is InChI=1S/C19H29N5O3S.HI/c1-20-18(22-11-13-12-28-19(23-13)24(2)3)21-8-7-15-16(26-5)9-14(25-4)10-17(15)27-6;/h9-10,12H,7-8,11H2,1-6H3,(H2,20,21,22);1H. The molecule has 0 aliphatic heterocycles. The molecule has 1 aromatic heterocycles. The Morgan fingerprint density at radius 2 is 1.76 bits per heavy atom. The Hall–Kier alpha value is -1.95. The molecule has 0 saturated carbocycles. The number of guanidine groups is 1. The molecule has 2 aromatic rings. The highest BCUT2D eigenvalue weighted by Crippen LogP contribution is 2.34. The highest BCUT2D eigenvalue weighted by molar-refractivity contribution is 14.0. The van der Waals surface area contributed by atoms with Crippen molar-refractivity contribution in [3.63, 3.8) is 0 Å². The fraction of sp³-hybridized carbons (Fsp3) is 0.474. The number of halogens is 1. The molecule has 0 amide bonds. The lowest BCUT2D eigenvalue weighted by molar-refractivity contribution is 0.368. The van der Waals surface area contributed by atoms with Crippen molar-refractivity contribution in [3.05, 3.63) is 28.8 Å². The molecule has 0 aliphatic rings. The summed E-state index contributed by atoms with van der Waals surface area (Å²) in [6, 6.07) is 3.71. The van der Waals surface area contributed by atoms with Crippen LogP contribution in [0.4, 0.5) is 5.13 Å². The van der Waals surface area contributed by atoms with Gasteiger partial charge in [-0.15, -0.1) is 35.3 Å². The van der Waals surface area contributed by atoms with Crippen molar-refractivity contribution in [2.75, 3.05) is 53.9 Å². The van der Waals surface area contributed by atoms with Crippen LogP contribution in [-0.2, 0) is 13.0 Å². The van der Waals surface area contributed by atoms with Gasteiger partial charge in [0.1, 0.15) is 17.2 Å². The van der Waals surface area contributed by atoms with E-state index in [9.17, 15) is 0 Å². The quantitative estimate of drug-likeness (QED) is 0.291. The first-order valence-electron chi connectivity index (χ1n) is 8.87. The minimum Gasteiger partial charge on any atom is -0.496 e. The van der Waals surface area contributed by atoms with E-state index in [0.717, 1.165) is 27.9 Å². The number of hydrogen-bond donors (Lipinski definition) is 2. The first-order chi connectivity index (χ1) is 13.5. The molecule has 162 valence electrons. The Labute approximate surface area is 193 Å². The molecule has 2 N–H and O–H groups in total. The lowest BCUT2D eigenvalue weighted by Gasteiger charge is -2.16. The number of anilines is 1. The number of methoxy groups -OCH3 is 3. The van der Waals surface area contributed by atoms with Crippen LogP contribution in [0.5, 0.6) is 17.2 Å². The molecular formula is C19H30IN5O3S. The summed E-state index contributed by atoms with van der Waals surface area (Å²) in [5, 5.41) is 9.62. The van der Waals surface area contributed by atoms with Crippen LogP contribution in [0.15, 0.2) is 22.5 Å². The van der Waals surface area contributed by atoms with Gasteiger partial charge in [0.25, 0.3) is 0 Å². The van der Waals surface area contributed by atoms with Gasteiger partial charge in [-0.25, -0.2) is 4.98 Å². The third-order valence-electron chi connectivity index (χ3n) is 4.07. The van der Waals surface area contributed by atoms with Crippen molar-refractivity contribution in [1.29, 1.82) is 0 Å². The van der Waals surface area contributed by atoms with Crippen molar-refractivity contribution >= 4 is 46.4 Å². The molecule has 2 rings (SSSR count). The van der Waals surface area contributed by atoms with Crippen LogP contribution in [0.2, 0.25) is 0 Å². The van der Waals surface area contributed by atoms with Gasteiger partial charge in [-0.2, -0.15) is 0 Å². The summed E-state index contributed by atoms with van der Waals surface area (Å²) in [5.41, 5.74) is 1.96. The van der Waals surface area contributed by atoms with Crippen molar-refractivity contribution in [3.8, 4) is 17.2 Å². The number of ether oxygens (including phenoxy) is 3. The summed E-state index contributed by atoms with van der Waals surface area (Å²) in [7, 11) is 10.6. The van der Waals surface area contributed by atoms with Gasteiger partial charge >= 0.3 is 0 Å². The molecule has 1 heterocycles. The van der Waals surface area contributed by atoms with Crippen LogP contribution < -0.4 is 29.7 Å². The number of rotatable bonds is 9. The molecule has 0 bridgehead atoms. The molecule has 0 aliphatic carbocycles. The zero-order valence-corrected chi connectivity index (χ0v) is 20.9. The van der Waals surface area contributed by atoms with Gasteiger partial charge in [-0.1, -0.05) is 0 Å². The molecule has 0 radical (unpaired) electrons. The number of aromatic nitrogens is 1. The molecule has 8 nitrogen and oxygen atoms in total. The summed E-state index contributed by atoms with van der Waals surface area (Å²) in [6.07, 6.45) is 0.707. The lowest BCUT2D eigenvalue weighted by atomic mass is 10.1. The summed E-state index contributed by atoms with van der Waals surface area (Å²) in [4.78, 5) is 10.8. The Morgan fingerprint density at radius 1 is 1.10 bits per heavy atom. The van der Waals surface area contributed by atoms with Crippen molar-refractivity contribution < 1.29 is 14.2 Å². The Balaban J connectivity index is 0.00000420. The summed E-state index contributed by atoms with van der Waals surface area (Å²) in [6.45, 7) is 1.28. The van der Waals surface area contributed by atoms with Crippen LogP contribution in [0.3, 0.4) is 0 Å². The van der Waals surface area contributed by atoms with Crippen molar-refractivity contribution in [2.24, 2.45) is 4.99 Å². The number of nitrogens with zero attached hydrogens (tertiary/aromatic N) is 3. The number of nitrogens with one attached hydrogen (secondary N) is 2. The normalized spacial score (nSPS) is 10.8. The minimum absolute atomic E-state index is 0. The largest absolute Gasteiger partial charge is 0.496 e. The zero-order chi connectivity index (χ0) is 20.5. The van der Waals surface area contributed by atoms with E-state index < -0.39 is 0 Å². The van der Waals surface area contributed by atoms with E-state index >= 15 is 0 Å². The number of thiazole rings is 1. The highest BCUT2D eigenvalue weighted by atomic mass is 127. The number of benzene rings is 1. The Kier molecular flexibility index (Phi) is 10.9. The van der Waals surface area contributed by atoms with Gasteiger partial charge in [0, 0.05) is 50.8 Å². The number of hydrogen-bond acceptors (Lipinski definition) is 7. The second kappa shape index (κ2) is 12.6. The van der Waals surface area contributed by atoms with Gasteiger partial charge in [0.05, 0.1) is 33.6 Å². The average Bonchev–Trinajstić information content (AvgIpc) is 3.19. The van der Waals surface area contributed by atoms with Gasteiger partial charge in [0.15, 0.2) is 11.1 Å². The van der Waals surface area contributed by atoms with Gasteiger partial charge in [-0.3, -0.25) is 4.99 Å². The molecule has 0 spiro atoms. The van der Waals surface area contributed by atoms with E-state index in [1.54, 1.807) is 39.7 Å². The maximum Gasteiger partial charge on any atom is 0.191 e. The second-order valence-electron chi connectivity index (χ2n) is 6.13. The van der Waals surface area contributed by atoms with Gasteiger partial charge in [-0.05, 0) is 6.42 Å². The van der Waals surface area contributed by atoms with Crippen LogP contribution >= 0.6 is 35.3 Å². The first-order valence-corrected chi connectivity index (χ1v) is 9.75. The predicted molar refractivity (Wildman–Crippen MR) is 130 cm³/mol. The van der Waals surface area contributed by atoms with E-state index in [1.165, 1.54) is 0 Å². The molecule has 0 saturated heterocycles. The SMILES string of the molecule is CN=C(NCCc1c(OC)cc(OC)cc1OC)NCc1csc(N(C)C)n1.I. The molecule has 0 atom stereocenters. The fourth-order valence-electron chi connectivity index (χ4n) is 2.61. The average molecular weight is 535 g/mol. The third kappa shape index (κ3) is 7.11. The van der Waals surface area contributed by atoms with Crippen LogP contribution in [0, 0.1) is 0 Å². The molecule has 29 heavy (non-hydrogen) atoms. The van der Waals surface area contributed by atoms with Gasteiger partial charge in [0.2, 0.25) is 0 Å². The van der Waals surface area contributed by atoms with Crippen LogP contribution in [-0.4, -0.2) is 60.0 Å². The van der Waals surface area contributed by atoms with Crippen LogP contribution in [0.1, 0.15) is 11.3 Å². The maximum absolute atomic E-state index is 5.50. The third-order valence-corrected chi connectivity index (χ3v) is 5.12.